The molecule has 2 aromatic rings. The molecule has 132 valence electrons. The van der Waals surface area contributed by atoms with Crippen LogP contribution in [0.15, 0.2) is 18.3 Å². The summed E-state index contributed by atoms with van der Waals surface area (Å²) in [6.45, 7) is 7.71. The Morgan fingerprint density at radius 2 is 2.21 bits per heavy atom. The van der Waals surface area contributed by atoms with E-state index in [1.807, 2.05) is 18.3 Å². The molecule has 2 heterocycles. The maximum Gasteiger partial charge on any atom is 0.243 e. The van der Waals surface area contributed by atoms with Gasteiger partial charge in [0.1, 0.15) is 17.3 Å². The Labute approximate surface area is 151 Å². The molecule has 24 heavy (non-hydrogen) atoms. The SMILES string of the molecule is C[Si](C)(C)CCOC(Br)c1cc2cc[nH]c2nc1COCC(N)=O. The van der Waals surface area contributed by atoms with E-state index >= 15 is 0 Å². The number of pyridine rings is 1. The van der Waals surface area contributed by atoms with E-state index in [-0.39, 0.29) is 18.2 Å². The van der Waals surface area contributed by atoms with Gasteiger partial charge in [-0.15, -0.1) is 0 Å². The van der Waals surface area contributed by atoms with Crippen molar-refractivity contribution in [2.75, 3.05) is 13.2 Å². The van der Waals surface area contributed by atoms with Gasteiger partial charge in [-0.05, 0) is 18.2 Å². The van der Waals surface area contributed by atoms with Gasteiger partial charge in [0.25, 0.3) is 0 Å². The zero-order valence-electron chi connectivity index (χ0n) is 14.3. The maximum absolute atomic E-state index is 10.9. The first-order valence-corrected chi connectivity index (χ1v) is 12.5. The normalized spacial score (nSPS) is 13.3. The molecule has 0 radical (unpaired) electrons. The van der Waals surface area contributed by atoms with E-state index < -0.39 is 14.0 Å². The zero-order valence-corrected chi connectivity index (χ0v) is 16.9. The van der Waals surface area contributed by atoms with Crippen LogP contribution in [0.3, 0.4) is 0 Å². The second-order valence-corrected chi connectivity index (χ2v) is 13.3. The number of hydrogen-bond acceptors (Lipinski definition) is 4. The summed E-state index contributed by atoms with van der Waals surface area (Å²) in [6, 6.07) is 5.07. The number of amides is 1. The van der Waals surface area contributed by atoms with Crippen LogP contribution in [0.1, 0.15) is 16.3 Å². The van der Waals surface area contributed by atoms with Crippen molar-refractivity contribution < 1.29 is 14.3 Å². The highest BCUT2D eigenvalue weighted by Crippen LogP contribution is 2.30. The summed E-state index contributed by atoms with van der Waals surface area (Å²) in [6.07, 6.45) is 1.84. The number of primary amides is 1. The van der Waals surface area contributed by atoms with E-state index in [4.69, 9.17) is 15.2 Å². The lowest BCUT2D eigenvalue weighted by Gasteiger charge is -2.19. The Morgan fingerprint density at radius 1 is 1.46 bits per heavy atom. The van der Waals surface area contributed by atoms with E-state index in [0.717, 1.165) is 28.3 Å². The molecule has 1 atom stereocenters. The zero-order chi connectivity index (χ0) is 17.7. The Balaban J connectivity index is 2.13. The number of alkyl halides is 1. The number of aromatic amines is 1. The molecule has 1 unspecified atom stereocenters. The number of halogens is 1. The predicted octanol–water partition coefficient (Wildman–Crippen LogP) is 3.31. The van der Waals surface area contributed by atoms with Crippen LogP contribution in [-0.4, -0.2) is 37.2 Å². The van der Waals surface area contributed by atoms with Gasteiger partial charge < -0.3 is 20.2 Å². The summed E-state index contributed by atoms with van der Waals surface area (Å²) in [5.41, 5.74) is 7.52. The van der Waals surface area contributed by atoms with Gasteiger partial charge in [0.2, 0.25) is 5.91 Å². The average molecular weight is 414 g/mol. The minimum Gasteiger partial charge on any atom is -0.368 e. The lowest BCUT2D eigenvalue weighted by Crippen LogP contribution is -2.22. The van der Waals surface area contributed by atoms with Crippen molar-refractivity contribution >= 4 is 40.9 Å². The fourth-order valence-corrected chi connectivity index (χ4v) is 3.47. The number of nitrogens with two attached hydrogens (primary N) is 1. The van der Waals surface area contributed by atoms with Crippen LogP contribution in [0, 0.1) is 0 Å². The van der Waals surface area contributed by atoms with Gasteiger partial charge in [0.05, 0.1) is 12.3 Å². The monoisotopic (exact) mass is 413 g/mol. The molecule has 0 aliphatic rings. The number of nitrogens with zero attached hydrogens (tertiary/aromatic N) is 1. The second kappa shape index (κ2) is 8.24. The molecule has 2 rings (SSSR count). The molecular formula is C16H24BrN3O3Si. The number of fused-ring (bicyclic) bond motifs is 1. The Kier molecular flexibility index (Phi) is 6.56. The van der Waals surface area contributed by atoms with E-state index in [2.05, 4.69) is 45.5 Å². The van der Waals surface area contributed by atoms with Crippen molar-refractivity contribution in [1.82, 2.24) is 9.97 Å². The van der Waals surface area contributed by atoms with Crippen molar-refractivity contribution in [3.63, 3.8) is 0 Å². The van der Waals surface area contributed by atoms with Crippen molar-refractivity contribution in [2.45, 2.75) is 37.3 Å². The first-order valence-electron chi connectivity index (χ1n) is 7.85. The number of nitrogens with one attached hydrogen (secondary N) is 1. The minimum atomic E-state index is -1.15. The van der Waals surface area contributed by atoms with E-state index in [1.165, 1.54) is 0 Å². The van der Waals surface area contributed by atoms with Crippen molar-refractivity contribution in [1.29, 1.82) is 0 Å². The molecular weight excluding hydrogens is 390 g/mol. The first kappa shape index (κ1) is 19.1. The Morgan fingerprint density at radius 3 is 2.88 bits per heavy atom. The van der Waals surface area contributed by atoms with Crippen LogP contribution in [0.5, 0.6) is 0 Å². The fourth-order valence-electron chi connectivity index (χ4n) is 2.16. The topological polar surface area (TPSA) is 90.2 Å². The molecule has 0 spiro atoms. The molecule has 0 fully saturated rings. The van der Waals surface area contributed by atoms with Gasteiger partial charge in [0, 0.05) is 31.8 Å². The molecule has 0 aromatic carbocycles. The van der Waals surface area contributed by atoms with Gasteiger partial charge in [-0.25, -0.2) is 4.98 Å². The Hall–Kier alpha value is -1.22. The molecule has 2 aromatic heterocycles. The summed E-state index contributed by atoms with van der Waals surface area (Å²) >= 11 is 3.60. The first-order chi connectivity index (χ1) is 11.3. The average Bonchev–Trinajstić information content (AvgIpc) is 2.91. The molecule has 6 nitrogen and oxygen atoms in total. The molecule has 0 bridgehead atoms. The molecule has 8 heteroatoms. The molecule has 0 saturated heterocycles. The molecule has 1 amide bonds. The minimum absolute atomic E-state index is 0.132. The summed E-state index contributed by atoms with van der Waals surface area (Å²) in [7, 11) is -1.15. The van der Waals surface area contributed by atoms with E-state index in [9.17, 15) is 4.79 Å². The molecule has 3 N–H and O–H groups in total. The summed E-state index contributed by atoms with van der Waals surface area (Å²) in [5.74, 6) is -0.501. The van der Waals surface area contributed by atoms with Crippen LogP contribution in [-0.2, 0) is 20.9 Å². The third-order valence-corrected chi connectivity index (χ3v) is 5.95. The molecule has 0 aliphatic heterocycles. The van der Waals surface area contributed by atoms with Crippen molar-refractivity contribution in [3.05, 3.63) is 29.6 Å². The Bertz CT molecular complexity index is 699. The lowest BCUT2D eigenvalue weighted by molar-refractivity contribution is -0.122. The van der Waals surface area contributed by atoms with Crippen molar-refractivity contribution in [3.8, 4) is 0 Å². The smallest absolute Gasteiger partial charge is 0.243 e. The van der Waals surface area contributed by atoms with Gasteiger partial charge >= 0.3 is 0 Å². The van der Waals surface area contributed by atoms with Crippen LogP contribution in [0.4, 0.5) is 0 Å². The van der Waals surface area contributed by atoms with Gasteiger partial charge in [-0.3, -0.25) is 4.79 Å². The highest BCUT2D eigenvalue weighted by Gasteiger charge is 2.18. The van der Waals surface area contributed by atoms with Gasteiger partial charge in [-0.2, -0.15) is 0 Å². The second-order valence-electron chi connectivity index (χ2n) is 6.90. The number of carbonyl (C=O) groups is 1. The maximum atomic E-state index is 10.9. The largest absolute Gasteiger partial charge is 0.368 e. The van der Waals surface area contributed by atoms with E-state index in [0.29, 0.717) is 6.61 Å². The van der Waals surface area contributed by atoms with Crippen LogP contribution in [0.25, 0.3) is 11.0 Å². The molecule has 0 saturated carbocycles. The standard InChI is InChI=1S/C16H24BrN3O3Si/c1-24(2,3)7-6-23-15(17)12-8-11-4-5-19-16(11)20-13(12)9-22-10-14(18)21/h4-5,8,15H,6-7,9-10H2,1-3H3,(H2,18,21)(H,19,20). The number of H-pyrrole nitrogens is 1. The van der Waals surface area contributed by atoms with Crippen LogP contribution in [0.2, 0.25) is 25.7 Å². The fraction of sp³-hybridized carbons (Fsp3) is 0.500. The predicted molar refractivity (Wildman–Crippen MR) is 101 cm³/mol. The quantitative estimate of drug-likeness (QED) is 0.487. The summed E-state index contributed by atoms with van der Waals surface area (Å²) in [4.78, 5) is 18.5. The highest BCUT2D eigenvalue weighted by molar-refractivity contribution is 9.09. The van der Waals surface area contributed by atoms with E-state index in [1.54, 1.807) is 0 Å². The summed E-state index contributed by atoms with van der Waals surface area (Å²) in [5, 5.41) is 0.731. The summed E-state index contributed by atoms with van der Waals surface area (Å²) < 4.78 is 11.3. The number of ether oxygens (including phenoxy) is 2. The molecule has 0 aliphatic carbocycles. The van der Waals surface area contributed by atoms with Gasteiger partial charge in [0.15, 0.2) is 0 Å². The third-order valence-electron chi connectivity index (χ3n) is 3.49. The number of hydrogen-bond donors (Lipinski definition) is 2. The van der Waals surface area contributed by atoms with Crippen molar-refractivity contribution in [2.24, 2.45) is 5.73 Å². The van der Waals surface area contributed by atoms with Crippen LogP contribution >= 0.6 is 15.9 Å². The van der Waals surface area contributed by atoms with Crippen LogP contribution < -0.4 is 5.73 Å². The third kappa shape index (κ3) is 5.69. The van der Waals surface area contributed by atoms with Gasteiger partial charge in [-0.1, -0.05) is 35.6 Å². The number of aromatic nitrogens is 2. The highest BCUT2D eigenvalue weighted by atomic mass is 79.9. The number of carbonyl (C=O) groups excluding carboxylic acids is 1. The number of rotatable bonds is 9. The lowest BCUT2D eigenvalue weighted by atomic mass is 10.1.